The van der Waals surface area contributed by atoms with Gasteiger partial charge >= 0.3 is 0 Å². The maximum atomic E-state index is 10.2. The quantitative estimate of drug-likeness (QED) is 0.920. The van der Waals surface area contributed by atoms with Gasteiger partial charge in [-0.15, -0.1) is 0 Å². The number of β-amino-alcohol motifs (C(OH)–C–C–N with tert-alkyl or cyclic N) is 1. The van der Waals surface area contributed by atoms with Gasteiger partial charge in [0, 0.05) is 23.7 Å². The van der Waals surface area contributed by atoms with E-state index in [0.717, 1.165) is 24.2 Å². The zero-order valence-electron chi connectivity index (χ0n) is 12.1. The molecule has 1 aromatic heterocycles. The number of aromatic nitrogens is 1. The summed E-state index contributed by atoms with van der Waals surface area (Å²) in [5.41, 5.74) is 0.407. The van der Waals surface area contributed by atoms with Crippen LogP contribution in [0.4, 0.5) is 0 Å². The Morgan fingerprint density at radius 3 is 2.95 bits per heavy atom. The molecule has 1 aliphatic rings. The Hall–Kier alpha value is -1.36. The highest BCUT2D eigenvalue weighted by Crippen LogP contribution is 2.28. The van der Waals surface area contributed by atoms with E-state index in [1.807, 2.05) is 24.3 Å². The third-order valence-corrected chi connectivity index (χ3v) is 4.01. The van der Waals surface area contributed by atoms with Gasteiger partial charge in [0.1, 0.15) is 0 Å². The fourth-order valence-corrected chi connectivity index (χ4v) is 3.06. The molecule has 0 aliphatic carbocycles. The lowest BCUT2D eigenvalue weighted by molar-refractivity contribution is -0.109. The Kier molecular flexibility index (Phi) is 4.02. The van der Waals surface area contributed by atoms with E-state index in [9.17, 15) is 5.11 Å². The second kappa shape index (κ2) is 5.79. The first-order valence-corrected chi connectivity index (χ1v) is 7.61. The Morgan fingerprint density at radius 2 is 2.24 bits per heavy atom. The number of hydrogen-bond donors (Lipinski definition) is 1. The fourth-order valence-electron chi connectivity index (χ4n) is 2.87. The summed E-state index contributed by atoms with van der Waals surface area (Å²) in [6.07, 6.45) is 3.57. The van der Waals surface area contributed by atoms with Gasteiger partial charge in [-0.2, -0.15) is 0 Å². The maximum Gasteiger partial charge on any atom is 0.209 e. The largest absolute Gasteiger partial charge is 0.439 e. The normalized spacial score (nSPS) is 17.7. The lowest BCUT2D eigenvalue weighted by Gasteiger charge is -2.46. The zero-order chi connectivity index (χ0) is 14.9. The Balaban J connectivity index is 1.62. The van der Waals surface area contributed by atoms with Gasteiger partial charge in [0.25, 0.3) is 0 Å². The predicted molar refractivity (Wildman–Crippen MR) is 82.1 cm³/mol. The number of likely N-dealkylation sites (tertiary alicyclic amines) is 1. The molecule has 2 aromatic rings. The van der Waals surface area contributed by atoms with Crippen molar-refractivity contribution in [2.75, 3.05) is 13.1 Å². The van der Waals surface area contributed by atoms with Crippen molar-refractivity contribution in [1.29, 1.82) is 0 Å². The Labute approximate surface area is 129 Å². The number of nitrogens with zero attached hydrogens (tertiary/aromatic N) is 2. The molecule has 2 heterocycles. The first-order chi connectivity index (χ1) is 10.1. The van der Waals surface area contributed by atoms with Crippen molar-refractivity contribution in [3.63, 3.8) is 0 Å². The molecule has 0 saturated carbocycles. The third kappa shape index (κ3) is 3.28. The number of hydrogen-bond acceptors (Lipinski definition) is 4. The molecule has 21 heavy (non-hydrogen) atoms. The van der Waals surface area contributed by atoms with Gasteiger partial charge < -0.3 is 9.52 Å². The number of oxazole rings is 1. The predicted octanol–water partition coefficient (Wildman–Crippen LogP) is 3.34. The molecule has 0 bridgehead atoms. The summed E-state index contributed by atoms with van der Waals surface area (Å²) in [7, 11) is 0. The minimum absolute atomic E-state index is 0.517. The summed E-state index contributed by atoms with van der Waals surface area (Å²) in [5.74, 6) is 1.39. The van der Waals surface area contributed by atoms with Gasteiger partial charge in [-0.1, -0.05) is 37.1 Å². The first kappa shape index (κ1) is 14.6. The average molecular weight is 307 g/mol. The number of aliphatic hydroxyl groups is 1. The van der Waals surface area contributed by atoms with E-state index >= 15 is 0 Å². The molecule has 3 rings (SSSR count). The van der Waals surface area contributed by atoms with Gasteiger partial charge in [0.05, 0.1) is 18.3 Å². The SMILES string of the molecule is CCCC1(O)CN(Cc2ncc(-c3cccc(Cl)c3)o2)C1. The van der Waals surface area contributed by atoms with Crippen LogP contribution >= 0.6 is 11.6 Å². The van der Waals surface area contributed by atoms with E-state index < -0.39 is 5.60 Å². The van der Waals surface area contributed by atoms with Crippen LogP contribution in [0.15, 0.2) is 34.9 Å². The van der Waals surface area contributed by atoms with Crippen LogP contribution in [0, 0.1) is 0 Å². The summed E-state index contributed by atoms with van der Waals surface area (Å²) >= 11 is 5.98. The fraction of sp³-hybridized carbons (Fsp3) is 0.438. The summed E-state index contributed by atoms with van der Waals surface area (Å²) < 4.78 is 5.77. The van der Waals surface area contributed by atoms with Crippen LogP contribution in [-0.2, 0) is 6.54 Å². The van der Waals surface area contributed by atoms with Gasteiger partial charge in [0.2, 0.25) is 5.89 Å². The highest BCUT2D eigenvalue weighted by molar-refractivity contribution is 6.30. The van der Waals surface area contributed by atoms with Gasteiger partial charge in [0.15, 0.2) is 5.76 Å². The van der Waals surface area contributed by atoms with Crippen molar-refractivity contribution in [2.24, 2.45) is 0 Å². The Morgan fingerprint density at radius 1 is 1.43 bits per heavy atom. The molecule has 0 spiro atoms. The van der Waals surface area contributed by atoms with Crippen LogP contribution in [0.1, 0.15) is 25.7 Å². The molecule has 0 atom stereocenters. The summed E-state index contributed by atoms with van der Waals surface area (Å²) in [4.78, 5) is 6.45. The van der Waals surface area contributed by atoms with Crippen LogP contribution in [0.2, 0.25) is 5.02 Å². The molecule has 1 saturated heterocycles. The van der Waals surface area contributed by atoms with E-state index in [4.69, 9.17) is 16.0 Å². The van der Waals surface area contributed by atoms with Crippen molar-refractivity contribution in [3.8, 4) is 11.3 Å². The summed E-state index contributed by atoms with van der Waals surface area (Å²) in [5, 5.41) is 10.8. The molecule has 0 unspecified atom stereocenters. The molecule has 4 nitrogen and oxygen atoms in total. The van der Waals surface area contributed by atoms with E-state index in [2.05, 4.69) is 16.8 Å². The zero-order valence-corrected chi connectivity index (χ0v) is 12.8. The standard InChI is InChI=1S/C16H19ClN2O2/c1-2-6-16(20)10-19(11-16)9-15-18-8-14(21-15)12-4-3-5-13(17)7-12/h3-5,7-8,20H,2,6,9-11H2,1H3. The second-order valence-corrected chi connectivity index (χ2v) is 6.18. The minimum Gasteiger partial charge on any atom is -0.439 e. The van der Waals surface area contributed by atoms with Crippen molar-refractivity contribution in [3.05, 3.63) is 41.4 Å². The molecular weight excluding hydrogens is 288 g/mol. The molecule has 0 amide bonds. The first-order valence-electron chi connectivity index (χ1n) is 7.23. The molecular formula is C16H19ClN2O2. The Bertz CT molecular complexity index is 620. The van der Waals surface area contributed by atoms with E-state index in [-0.39, 0.29) is 0 Å². The minimum atomic E-state index is -0.517. The number of halogens is 1. The maximum absolute atomic E-state index is 10.2. The highest BCUT2D eigenvalue weighted by atomic mass is 35.5. The summed E-state index contributed by atoms with van der Waals surface area (Å²) in [6, 6.07) is 7.52. The third-order valence-electron chi connectivity index (χ3n) is 3.77. The molecule has 1 aromatic carbocycles. The average Bonchev–Trinajstić information content (AvgIpc) is 2.86. The van der Waals surface area contributed by atoms with Crippen LogP contribution < -0.4 is 0 Å². The van der Waals surface area contributed by atoms with Gasteiger partial charge in [-0.05, 0) is 18.6 Å². The van der Waals surface area contributed by atoms with Crippen molar-refractivity contribution < 1.29 is 9.52 Å². The molecule has 0 radical (unpaired) electrons. The lowest BCUT2D eigenvalue weighted by Crippen LogP contribution is -2.60. The van der Waals surface area contributed by atoms with E-state index in [1.54, 1.807) is 6.20 Å². The molecule has 1 aliphatic heterocycles. The molecule has 1 fully saturated rings. The van der Waals surface area contributed by atoms with Crippen LogP contribution in [0.3, 0.4) is 0 Å². The number of benzene rings is 1. The monoisotopic (exact) mass is 306 g/mol. The molecule has 1 N–H and O–H groups in total. The van der Waals surface area contributed by atoms with Crippen LogP contribution in [0.5, 0.6) is 0 Å². The van der Waals surface area contributed by atoms with Gasteiger partial charge in [-0.25, -0.2) is 4.98 Å². The molecule has 5 heteroatoms. The highest BCUT2D eigenvalue weighted by Gasteiger charge is 2.40. The summed E-state index contributed by atoms with van der Waals surface area (Å²) in [6.45, 7) is 4.10. The van der Waals surface area contributed by atoms with E-state index in [1.165, 1.54) is 0 Å². The van der Waals surface area contributed by atoms with Crippen molar-refractivity contribution in [1.82, 2.24) is 9.88 Å². The second-order valence-electron chi connectivity index (χ2n) is 5.75. The van der Waals surface area contributed by atoms with Crippen molar-refractivity contribution in [2.45, 2.75) is 31.9 Å². The van der Waals surface area contributed by atoms with Crippen molar-refractivity contribution >= 4 is 11.6 Å². The topological polar surface area (TPSA) is 49.5 Å². The molecule has 112 valence electrons. The van der Waals surface area contributed by atoms with Gasteiger partial charge in [-0.3, -0.25) is 4.90 Å². The van der Waals surface area contributed by atoms with Crippen LogP contribution in [0.25, 0.3) is 11.3 Å². The smallest absolute Gasteiger partial charge is 0.209 e. The van der Waals surface area contributed by atoms with Crippen LogP contribution in [-0.4, -0.2) is 33.7 Å². The number of rotatable bonds is 5. The lowest BCUT2D eigenvalue weighted by atomic mass is 9.89. The van der Waals surface area contributed by atoms with E-state index in [0.29, 0.717) is 30.5 Å².